The summed E-state index contributed by atoms with van der Waals surface area (Å²) in [6.07, 6.45) is -4.70. The minimum absolute atomic E-state index is 0. The summed E-state index contributed by atoms with van der Waals surface area (Å²) in [6.45, 7) is 1.88. The summed E-state index contributed by atoms with van der Waals surface area (Å²) in [7, 11) is 0. The summed E-state index contributed by atoms with van der Waals surface area (Å²) in [6, 6.07) is 10.4. The number of hydrogen-bond donors (Lipinski definition) is 1. The second-order valence-electron chi connectivity index (χ2n) is 4.60. The topological polar surface area (TPSA) is 35.2 Å². The van der Waals surface area contributed by atoms with Crippen LogP contribution in [0.5, 0.6) is 5.75 Å². The molecule has 0 saturated carbocycles. The van der Waals surface area contributed by atoms with Gasteiger partial charge in [-0.05, 0) is 41.8 Å². The van der Waals surface area contributed by atoms with Crippen molar-refractivity contribution < 1.29 is 17.9 Å². The predicted octanol–water partition coefficient (Wildman–Crippen LogP) is 5.02. The summed E-state index contributed by atoms with van der Waals surface area (Å²) >= 11 is 6.04. The highest BCUT2D eigenvalue weighted by atomic mass is 35.5. The summed E-state index contributed by atoms with van der Waals surface area (Å²) in [5.41, 5.74) is 8.48. The van der Waals surface area contributed by atoms with E-state index in [4.69, 9.17) is 17.3 Å². The van der Waals surface area contributed by atoms with Crippen LogP contribution in [0.15, 0.2) is 42.5 Å². The Kier molecular flexibility index (Phi) is 6.11. The molecule has 0 amide bonds. The predicted molar refractivity (Wildman–Crippen MR) is 82.6 cm³/mol. The van der Waals surface area contributed by atoms with Crippen molar-refractivity contribution in [2.45, 2.75) is 19.3 Å². The van der Waals surface area contributed by atoms with Crippen LogP contribution in [0.3, 0.4) is 0 Å². The molecular weight excluding hydrogens is 338 g/mol. The molecule has 2 aromatic rings. The Morgan fingerprint density at radius 3 is 2.09 bits per heavy atom. The van der Waals surface area contributed by atoms with Crippen LogP contribution < -0.4 is 10.5 Å². The molecule has 22 heavy (non-hydrogen) atoms. The van der Waals surface area contributed by atoms with Crippen molar-refractivity contribution in [3.05, 3.63) is 64.2 Å². The van der Waals surface area contributed by atoms with Crippen molar-refractivity contribution in [3.8, 4) is 5.75 Å². The molecule has 0 radical (unpaired) electrons. The Hall–Kier alpha value is -1.43. The highest BCUT2D eigenvalue weighted by molar-refractivity contribution is 6.31. The van der Waals surface area contributed by atoms with Gasteiger partial charge in [-0.2, -0.15) is 0 Å². The maximum Gasteiger partial charge on any atom is 0.573 e. The molecule has 0 fully saturated rings. The zero-order valence-corrected chi connectivity index (χ0v) is 13.1. The van der Waals surface area contributed by atoms with Gasteiger partial charge in [0.25, 0.3) is 0 Å². The molecular formula is C15H14Cl2F3NO. The first-order valence-corrected chi connectivity index (χ1v) is 6.51. The summed E-state index contributed by atoms with van der Waals surface area (Å²) in [5.74, 6) is -0.277. The Balaban J connectivity index is 0.00000242. The normalized spacial score (nSPS) is 12.5. The zero-order valence-electron chi connectivity index (χ0n) is 11.5. The molecule has 120 valence electrons. The average molecular weight is 352 g/mol. The fourth-order valence-electron chi connectivity index (χ4n) is 1.87. The number of hydrogen-bond acceptors (Lipinski definition) is 2. The number of rotatable bonds is 3. The lowest BCUT2D eigenvalue weighted by atomic mass is 9.99. The van der Waals surface area contributed by atoms with Gasteiger partial charge in [-0.25, -0.2) is 0 Å². The number of ether oxygens (including phenoxy) is 1. The van der Waals surface area contributed by atoms with Gasteiger partial charge in [-0.3, -0.25) is 0 Å². The number of benzene rings is 2. The summed E-state index contributed by atoms with van der Waals surface area (Å²) in [5, 5.41) is 0.597. The Morgan fingerprint density at radius 1 is 1.05 bits per heavy atom. The second kappa shape index (κ2) is 7.22. The summed E-state index contributed by atoms with van der Waals surface area (Å²) in [4.78, 5) is 0. The molecule has 2 N–H and O–H groups in total. The molecule has 2 aromatic carbocycles. The van der Waals surface area contributed by atoms with Crippen LogP contribution in [-0.2, 0) is 0 Å². The third-order valence-corrected chi connectivity index (χ3v) is 3.44. The van der Waals surface area contributed by atoms with E-state index in [9.17, 15) is 13.2 Å². The van der Waals surface area contributed by atoms with Gasteiger partial charge in [0.05, 0.1) is 6.04 Å². The lowest BCUT2D eigenvalue weighted by Gasteiger charge is -2.15. The smallest absolute Gasteiger partial charge is 0.406 e. The maximum atomic E-state index is 12.1. The third-order valence-electron chi connectivity index (χ3n) is 3.03. The average Bonchev–Trinajstić information content (AvgIpc) is 2.40. The van der Waals surface area contributed by atoms with Crippen molar-refractivity contribution in [2.24, 2.45) is 5.73 Å². The minimum atomic E-state index is -4.70. The molecule has 2 rings (SSSR count). The number of halogens is 5. The Bertz CT molecular complexity index is 630. The van der Waals surface area contributed by atoms with Crippen molar-refractivity contribution in [2.75, 3.05) is 0 Å². The molecule has 0 aliphatic heterocycles. The van der Waals surface area contributed by atoms with Crippen LogP contribution in [0.4, 0.5) is 13.2 Å². The van der Waals surface area contributed by atoms with Crippen LogP contribution in [0.25, 0.3) is 0 Å². The first-order valence-electron chi connectivity index (χ1n) is 6.13. The number of alkyl halides is 3. The van der Waals surface area contributed by atoms with E-state index in [2.05, 4.69) is 4.74 Å². The first kappa shape index (κ1) is 18.6. The lowest BCUT2D eigenvalue weighted by molar-refractivity contribution is -0.274. The molecule has 0 aliphatic carbocycles. The zero-order chi connectivity index (χ0) is 15.6. The van der Waals surface area contributed by atoms with E-state index in [1.165, 1.54) is 24.3 Å². The highest BCUT2D eigenvalue weighted by Crippen LogP contribution is 2.27. The Labute approximate surface area is 137 Å². The van der Waals surface area contributed by atoms with E-state index in [0.29, 0.717) is 10.6 Å². The molecule has 0 spiro atoms. The molecule has 7 heteroatoms. The van der Waals surface area contributed by atoms with Gasteiger partial charge >= 0.3 is 6.36 Å². The summed E-state index contributed by atoms with van der Waals surface area (Å²) < 4.78 is 40.1. The van der Waals surface area contributed by atoms with Gasteiger partial charge in [0, 0.05) is 5.02 Å². The second-order valence-corrected chi connectivity index (χ2v) is 5.01. The van der Waals surface area contributed by atoms with Gasteiger partial charge in [-0.1, -0.05) is 35.9 Å². The van der Waals surface area contributed by atoms with Crippen LogP contribution in [0.2, 0.25) is 5.02 Å². The minimum Gasteiger partial charge on any atom is -0.406 e. The molecule has 0 unspecified atom stereocenters. The van der Waals surface area contributed by atoms with Gasteiger partial charge < -0.3 is 10.5 Å². The van der Waals surface area contributed by atoms with Crippen molar-refractivity contribution >= 4 is 24.0 Å². The van der Waals surface area contributed by atoms with E-state index in [0.717, 1.165) is 11.1 Å². The van der Waals surface area contributed by atoms with Gasteiger partial charge in [-0.15, -0.1) is 25.6 Å². The van der Waals surface area contributed by atoms with Crippen LogP contribution in [0, 0.1) is 6.92 Å². The van der Waals surface area contributed by atoms with Gasteiger partial charge in [0.1, 0.15) is 5.75 Å². The van der Waals surface area contributed by atoms with Gasteiger partial charge in [0.15, 0.2) is 0 Å². The molecule has 0 aromatic heterocycles. The quantitative estimate of drug-likeness (QED) is 0.842. The van der Waals surface area contributed by atoms with Gasteiger partial charge in [0.2, 0.25) is 0 Å². The van der Waals surface area contributed by atoms with Crippen LogP contribution in [-0.4, -0.2) is 6.36 Å². The molecule has 0 saturated heterocycles. The van der Waals surface area contributed by atoms with E-state index >= 15 is 0 Å². The molecule has 0 bridgehead atoms. The Morgan fingerprint density at radius 2 is 1.59 bits per heavy atom. The first-order chi connectivity index (χ1) is 9.76. The largest absolute Gasteiger partial charge is 0.573 e. The standard InChI is InChI=1S/C15H13ClF3NO.ClH/c1-9-2-3-11(8-13(9)16)14(20)10-4-6-12(7-5-10)21-15(17,18)19;/h2-8,14H,20H2,1H3;1H/t14-;/m0./s1. The molecule has 0 aliphatic rings. The van der Waals surface area contributed by atoms with E-state index in [-0.39, 0.29) is 18.2 Å². The van der Waals surface area contributed by atoms with Crippen molar-refractivity contribution in [3.63, 3.8) is 0 Å². The fraction of sp³-hybridized carbons (Fsp3) is 0.200. The number of nitrogens with two attached hydrogens (primary N) is 1. The molecule has 1 atom stereocenters. The monoisotopic (exact) mass is 351 g/mol. The maximum absolute atomic E-state index is 12.1. The number of aryl methyl sites for hydroxylation is 1. The van der Waals surface area contributed by atoms with E-state index in [1.54, 1.807) is 6.07 Å². The van der Waals surface area contributed by atoms with Crippen molar-refractivity contribution in [1.82, 2.24) is 0 Å². The van der Waals surface area contributed by atoms with Crippen LogP contribution >= 0.6 is 24.0 Å². The fourth-order valence-corrected chi connectivity index (χ4v) is 2.06. The molecule has 2 nitrogen and oxygen atoms in total. The van der Waals surface area contributed by atoms with Crippen LogP contribution in [0.1, 0.15) is 22.7 Å². The molecule has 0 heterocycles. The van der Waals surface area contributed by atoms with Crippen molar-refractivity contribution in [1.29, 1.82) is 0 Å². The SMILES string of the molecule is Cc1ccc([C@@H](N)c2ccc(OC(F)(F)F)cc2)cc1Cl.Cl. The highest BCUT2D eigenvalue weighted by Gasteiger charge is 2.31. The van der Waals surface area contributed by atoms with E-state index < -0.39 is 12.4 Å². The van der Waals surface area contributed by atoms with E-state index in [1.807, 2.05) is 19.1 Å². The lowest BCUT2D eigenvalue weighted by Crippen LogP contribution is -2.17. The third kappa shape index (κ3) is 4.80.